The van der Waals surface area contributed by atoms with E-state index < -0.39 is 12.0 Å². The molecule has 0 amide bonds. The summed E-state index contributed by atoms with van der Waals surface area (Å²) in [5.41, 5.74) is 1.66. The summed E-state index contributed by atoms with van der Waals surface area (Å²) < 4.78 is 38.0. The fraction of sp³-hybridized carbons (Fsp3) is 0.286. The number of nitrogens with zero attached hydrogens (tertiary/aromatic N) is 2. The van der Waals surface area contributed by atoms with Crippen molar-refractivity contribution in [3.05, 3.63) is 46.9 Å². The van der Waals surface area contributed by atoms with Crippen LogP contribution in [0.2, 0.25) is 5.15 Å². The van der Waals surface area contributed by atoms with Gasteiger partial charge in [-0.1, -0.05) is 43.6 Å². The van der Waals surface area contributed by atoms with Gasteiger partial charge in [-0.2, -0.15) is 13.2 Å². The molecule has 112 valence electrons. The maximum atomic E-state index is 12.7. The molecule has 7 heteroatoms. The van der Waals surface area contributed by atoms with Crippen LogP contribution in [0, 0.1) is 0 Å². The summed E-state index contributed by atoms with van der Waals surface area (Å²) in [4.78, 5) is 6.66. The predicted octanol–water partition coefficient (Wildman–Crippen LogP) is 5.02. The van der Waals surface area contributed by atoms with E-state index in [-0.39, 0.29) is 16.9 Å². The molecule has 21 heavy (non-hydrogen) atoms. The highest BCUT2D eigenvalue weighted by atomic mass is 35.5. The van der Waals surface area contributed by atoms with Crippen LogP contribution in [0.3, 0.4) is 0 Å². The Morgan fingerprint density at radius 3 is 2.43 bits per heavy atom. The average Bonchev–Trinajstić information content (AvgIpc) is 2.37. The quantitative estimate of drug-likeness (QED) is 0.808. The molecule has 0 spiro atoms. The summed E-state index contributed by atoms with van der Waals surface area (Å²) in [5, 5.41) is 2.61. The minimum absolute atomic E-state index is 0.00965. The Kier molecular flexibility index (Phi) is 4.37. The van der Waals surface area contributed by atoms with Gasteiger partial charge < -0.3 is 5.32 Å². The van der Waals surface area contributed by atoms with E-state index in [1.807, 2.05) is 26.0 Å². The van der Waals surface area contributed by atoms with Crippen molar-refractivity contribution in [3.63, 3.8) is 0 Å². The molecule has 1 aromatic heterocycles. The summed E-state index contributed by atoms with van der Waals surface area (Å²) in [7, 11) is 0. The number of halogens is 4. The Labute approximate surface area is 125 Å². The molecular weight excluding hydrogens is 303 g/mol. The van der Waals surface area contributed by atoms with Gasteiger partial charge in [0.25, 0.3) is 0 Å². The van der Waals surface area contributed by atoms with Crippen LogP contribution in [0.4, 0.5) is 24.7 Å². The molecule has 0 fully saturated rings. The first kappa shape index (κ1) is 15.6. The summed E-state index contributed by atoms with van der Waals surface area (Å²) in [6.07, 6.45) is -4.64. The SMILES string of the molecule is CC(C)c1ccccc1Nc1cc(Cl)nc(C(F)(F)F)n1. The third-order valence-electron chi connectivity index (χ3n) is 2.79. The Morgan fingerprint density at radius 1 is 1.14 bits per heavy atom. The highest BCUT2D eigenvalue weighted by Gasteiger charge is 2.35. The summed E-state index contributed by atoms with van der Waals surface area (Å²) >= 11 is 5.63. The third-order valence-corrected chi connectivity index (χ3v) is 2.99. The standard InChI is InChI=1S/C14H13ClF3N3/c1-8(2)9-5-3-4-6-10(9)19-12-7-11(15)20-13(21-12)14(16,17)18/h3-8H,1-2H3,(H,19,20,21). The van der Waals surface area contributed by atoms with Gasteiger partial charge in [-0.05, 0) is 17.5 Å². The lowest BCUT2D eigenvalue weighted by Crippen LogP contribution is -2.12. The first-order chi connectivity index (χ1) is 9.77. The number of hydrogen-bond donors (Lipinski definition) is 1. The zero-order chi connectivity index (χ0) is 15.6. The molecule has 1 heterocycles. The summed E-state index contributed by atoms with van der Waals surface area (Å²) in [6, 6.07) is 8.60. The number of alkyl halides is 3. The molecule has 0 atom stereocenters. The molecule has 0 radical (unpaired) electrons. The van der Waals surface area contributed by atoms with Crippen molar-refractivity contribution in [1.82, 2.24) is 9.97 Å². The topological polar surface area (TPSA) is 37.8 Å². The molecular formula is C14H13ClF3N3. The van der Waals surface area contributed by atoms with Crippen molar-refractivity contribution >= 4 is 23.1 Å². The predicted molar refractivity (Wildman–Crippen MR) is 75.9 cm³/mol. The first-order valence-corrected chi connectivity index (χ1v) is 6.63. The van der Waals surface area contributed by atoms with Crippen LogP contribution < -0.4 is 5.32 Å². The Balaban J connectivity index is 2.39. The minimum atomic E-state index is -4.64. The number of anilines is 2. The molecule has 2 rings (SSSR count). The number of aromatic nitrogens is 2. The molecule has 1 aromatic carbocycles. The lowest BCUT2D eigenvalue weighted by atomic mass is 10.0. The van der Waals surface area contributed by atoms with E-state index in [1.165, 1.54) is 6.07 Å². The van der Waals surface area contributed by atoms with Gasteiger partial charge in [0.2, 0.25) is 5.82 Å². The van der Waals surface area contributed by atoms with Gasteiger partial charge >= 0.3 is 6.18 Å². The van der Waals surface area contributed by atoms with Crippen LogP contribution in [0.1, 0.15) is 31.2 Å². The van der Waals surface area contributed by atoms with Crippen LogP contribution >= 0.6 is 11.6 Å². The van der Waals surface area contributed by atoms with Gasteiger partial charge in [0, 0.05) is 11.8 Å². The maximum Gasteiger partial charge on any atom is 0.451 e. The van der Waals surface area contributed by atoms with E-state index in [0.29, 0.717) is 5.69 Å². The fourth-order valence-corrected chi connectivity index (χ4v) is 2.04. The van der Waals surface area contributed by atoms with Crippen molar-refractivity contribution in [1.29, 1.82) is 0 Å². The second kappa shape index (κ2) is 5.89. The molecule has 0 aliphatic rings. The number of rotatable bonds is 3. The van der Waals surface area contributed by atoms with E-state index in [9.17, 15) is 13.2 Å². The summed E-state index contributed by atoms with van der Waals surface area (Å²) in [6.45, 7) is 3.99. The van der Waals surface area contributed by atoms with Gasteiger partial charge in [0.15, 0.2) is 0 Å². The van der Waals surface area contributed by atoms with Crippen molar-refractivity contribution in [2.45, 2.75) is 25.9 Å². The molecule has 0 aliphatic heterocycles. The number of nitrogens with one attached hydrogen (secondary N) is 1. The van der Waals surface area contributed by atoms with Gasteiger partial charge in [-0.25, -0.2) is 9.97 Å². The fourth-order valence-electron chi connectivity index (χ4n) is 1.86. The number of para-hydroxylation sites is 1. The average molecular weight is 316 g/mol. The van der Waals surface area contributed by atoms with Crippen molar-refractivity contribution in [2.75, 3.05) is 5.32 Å². The lowest BCUT2D eigenvalue weighted by molar-refractivity contribution is -0.144. The van der Waals surface area contributed by atoms with E-state index in [4.69, 9.17) is 11.6 Å². The van der Waals surface area contributed by atoms with Gasteiger partial charge in [-0.3, -0.25) is 0 Å². The minimum Gasteiger partial charge on any atom is -0.340 e. The molecule has 0 saturated carbocycles. The van der Waals surface area contributed by atoms with Crippen molar-refractivity contribution in [2.24, 2.45) is 0 Å². The number of hydrogen-bond acceptors (Lipinski definition) is 3. The zero-order valence-electron chi connectivity index (χ0n) is 11.4. The summed E-state index contributed by atoms with van der Waals surface area (Å²) in [5.74, 6) is -1.04. The zero-order valence-corrected chi connectivity index (χ0v) is 12.1. The van der Waals surface area contributed by atoms with Crippen LogP contribution in [-0.2, 0) is 6.18 Å². The first-order valence-electron chi connectivity index (χ1n) is 6.25. The van der Waals surface area contributed by atoms with E-state index in [2.05, 4.69) is 15.3 Å². The van der Waals surface area contributed by atoms with E-state index in [0.717, 1.165) is 5.56 Å². The van der Waals surface area contributed by atoms with Crippen LogP contribution in [0.15, 0.2) is 30.3 Å². The second-order valence-corrected chi connectivity index (χ2v) is 5.15. The molecule has 2 aromatic rings. The molecule has 0 unspecified atom stereocenters. The lowest BCUT2D eigenvalue weighted by Gasteiger charge is -2.15. The highest BCUT2D eigenvalue weighted by molar-refractivity contribution is 6.29. The largest absolute Gasteiger partial charge is 0.451 e. The molecule has 0 saturated heterocycles. The van der Waals surface area contributed by atoms with E-state index in [1.54, 1.807) is 12.1 Å². The maximum absolute atomic E-state index is 12.7. The number of benzene rings is 1. The smallest absolute Gasteiger partial charge is 0.340 e. The monoisotopic (exact) mass is 315 g/mol. The van der Waals surface area contributed by atoms with Crippen molar-refractivity contribution < 1.29 is 13.2 Å². The highest BCUT2D eigenvalue weighted by Crippen LogP contribution is 2.30. The Morgan fingerprint density at radius 2 is 1.81 bits per heavy atom. The normalized spacial score (nSPS) is 11.8. The van der Waals surface area contributed by atoms with Gasteiger partial charge in [0.05, 0.1) is 0 Å². The second-order valence-electron chi connectivity index (χ2n) is 4.76. The molecule has 0 aliphatic carbocycles. The van der Waals surface area contributed by atoms with Crippen LogP contribution in [-0.4, -0.2) is 9.97 Å². The van der Waals surface area contributed by atoms with Crippen LogP contribution in [0.25, 0.3) is 0 Å². The van der Waals surface area contributed by atoms with Crippen LogP contribution in [0.5, 0.6) is 0 Å². The molecule has 3 nitrogen and oxygen atoms in total. The Bertz CT molecular complexity index is 642. The van der Waals surface area contributed by atoms with Gasteiger partial charge in [0.1, 0.15) is 11.0 Å². The van der Waals surface area contributed by atoms with E-state index >= 15 is 0 Å². The molecule has 0 bridgehead atoms. The Hall–Kier alpha value is -1.82. The molecule has 1 N–H and O–H groups in total. The van der Waals surface area contributed by atoms with Crippen molar-refractivity contribution in [3.8, 4) is 0 Å². The third kappa shape index (κ3) is 3.85. The van der Waals surface area contributed by atoms with Gasteiger partial charge in [-0.15, -0.1) is 0 Å².